The first kappa shape index (κ1) is 29.9. The summed E-state index contributed by atoms with van der Waals surface area (Å²) in [6.07, 6.45) is 4.20. The first-order valence-corrected chi connectivity index (χ1v) is 14.5. The van der Waals surface area contributed by atoms with E-state index >= 15 is 0 Å². The molecule has 0 spiro atoms. The van der Waals surface area contributed by atoms with E-state index in [1.807, 2.05) is 36.4 Å². The second-order valence-electron chi connectivity index (χ2n) is 9.69. The molecule has 0 fully saturated rings. The van der Waals surface area contributed by atoms with Crippen molar-refractivity contribution < 1.29 is 34.0 Å². The highest BCUT2D eigenvalue weighted by molar-refractivity contribution is 14.1. The normalized spacial score (nSPS) is 19.5. The van der Waals surface area contributed by atoms with Crippen molar-refractivity contribution in [1.29, 1.82) is 0 Å². The van der Waals surface area contributed by atoms with Gasteiger partial charge in [0.05, 0.1) is 16.2 Å². The van der Waals surface area contributed by atoms with Gasteiger partial charge in [-0.15, -0.1) is 6.58 Å². The number of aliphatic hydroxyl groups excluding tert-OH is 2. The number of benzene rings is 2. The van der Waals surface area contributed by atoms with Crippen LogP contribution in [0.25, 0.3) is 0 Å². The third-order valence-corrected chi connectivity index (χ3v) is 7.76. The van der Waals surface area contributed by atoms with Crippen LogP contribution in [0, 0.1) is 3.57 Å². The number of rotatable bonds is 13. The van der Waals surface area contributed by atoms with Crippen molar-refractivity contribution in [2.45, 2.75) is 56.9 Å². The minimum atomic E-state index is -1.10. The van der Waals surface area contributed by atoms with Crippen LogP contribution in [0.15, 0.2) is 66.8 Å². The monoisotopic (exact) mass is 662 g/mol. The average Bonchev–Trinajstić information content (AvgIpc) is 3.43. The molecule has 1 aliphatic heterocycles. The van der Waals surface area contributed by atoms with Crippen molar-refractivity contribution in [3.05, 3.63) is 75.9 Å². The molecule has 214 valence electrons. The van der Waals surface area contributed by atoms with Crippen molar-refractivity contribution in [2.75, 3.05) is 19.9 Å². The molecule has 0 saturated carbocycles. The van der Waals surface area contributed by atoms with Crippen LogP contribution >= 0.6 is 22.6 Å². The van der Waals surface area contributed by atoms with Gasteiger partial charge in [0.2, 0.25) is 18.6 Å². The number of hydrogen-bond acceptors (Lipinski definition) is 7. The molecule has 10 heteroatoms. The lowest BCUT2D eigenvalue weighted by molar-refractivity contribution is -0.139. The maximum Gasteiger partial charge on any atom is 0.247 e. The summed E-state index contributed by atoms with van der Waals surface area (Å²) >= 11 is 2.15. The molecule has 9 nitrogen and oxygen atoms in total. The third-order valence-electron chi connectivity index (χ3n) is 6.87. The number of fused-ring (bicyclic) bond motifs is 1. The zero-order valence-corrected chi connectivity index (χ0v) is 24.4. The SMILES string of the molecule is C=CCCCCC(=O)N(Cc1ccc2c(c1)OCO2)C1CC(C(=O)NCCO)=CC(Oc2ccccc2I)C1O. The standard InChI is InChI=1S/C30H35IN2O7/c1-2-3-4-5-10-28(35)33(18-20-11-12-25-26(15-20)39-19-38-25)23-16-21(30(37)32-13-14-34)17-27(29(23)36)40-24-9-7-6-8-22(24)31/h2,6-9,11-12,15,17,23,27,29,34,36H,1,3-5,10,13-14,16,18-19H2,(H,32,37). The van der Waals surface area contributed by atoms with Crippen LogP contribution in [0.5, 0.6) is 17.2 Å². The Morgan fingerprint density at radius 2 is 1.98 bits per heavy atom. The number of aliphatic hydroxyl groups is 2. The molecule has 0 radical (unpaired) electrons. The number of para-hydroxylation sites is 1. The summed E-state index contributed by atoms with van der Waals surface area (Å²) in [5, 5.41) is 23.5. The van der Waals surface area contributed by atoms with Crippen LogP contribution in [-0.2, 0) is 16.1 Å². The molecule has 4 rings (SSSR count). The smallest absolute Gasteiger partial charge is 0.247 e. The predicted molar refractivity (Wildman–Crippen MR) is 158 cm³/mol. The van der Waals surface area contributed by atoms with E-state index in [0.717, 1.165) is 22.0 Å². The first-order chi connectivity index (χ1) is 19.4. The number of nitrogens with one attached hydrogen (secondary N) is 1. The Morgan fingerprint density at radius 1 is 1.18 bits per heavy atom. The van der Waals surface area contributed by atoms with Gasteiger partial charge in [-0.2, -0.15) is 0 Å². The summed E-state index contributed by atoms with van der Waals surface area (Å²) in [5.41, 5.74) is 1.20. The molecule has 40 heavy (non-hydrogen) atoms. The Balaban J connectivity index is 1.65. The fraction of sp³-hybridized carbons (Fsp3) is 0.400. The minimum absolute atomic E-state index is 0.0919. The van der Waals surface area contributed by atoms with Crippen LogP contribution in [-0.4, -0.2) is 65.1 Å². The molecule has 3 atom stereocenters. The zero-order chi connectivity index (χ0) is 28.5. The van der Waals surface area contributed by atoms with E-state index in [1.54, 1.807) is 23.1 Å². The second kappa shape index (κ2) is 14.5. The number of allylic oxidation sites excluding steroid dienone is 1. The Labute approximate surface area is 247 Å². The van der Waals surface area contributed by atoms with Gasteiger partial charge in [-0.3, -0.25) is 9.59 Å². The van der Waals surface area contributed by atoms with Crippen molar-refractivity contribution in [2.24, 2.45) is 0 Å². The van der Waals surface area contributed by atoms with Crippen LogP contribution < -0.4 is 19.5 Å². The van der Waals surface area contributed by atoms with E-state index in [2.05, 4.69) is 34.5 Å². The fourth-order valence-electron chi connectivity index (χ4n) is 4.80. The average molecular weight is 663 g/mol. The summed E-state index contributed by atoms with van der Waals surface area (Å²) in [6.45, 7) is 3.99. The minimum Gasteiger partial charge on any atom is -0.482 e. The molecule has 2 aromatic rings. The van der Waals surface area contributed by atoms with Gasteiger partial charge in [-0.05, 0) is 77.8 Å². The topological polar surface area (TPSA) is 118 Å². The van der Waals surface area contributed by atoms with E-state index in [-0.39, 0.29) is 44.7 Å². The molecular formula is C30H35IN2O7. The quantitative estimate of drug-likeness (QED) is 0.170. The summed E-state index contributed by atoms with van der Waals surface area (Å²) in [6, 6.07) is 12.2. The molecule has 3 unspecified atom stereocenters. The molecule has 0 bridgehead atoms. The van der Waals surface area contributed by atoms with E-state index in [0.29, 0.717) is 35.7 Å². The van der Waals surface area contributed by atoms with Crippen molar-refractivity contribution in [1.82, 2.24) is 10.2 Å². The van der Waals surface area contributed by atoms with Gasteiger partial charge < -0.3 is 34.6 Å². The van der Waals surface area contributed by atoms with Gasteiger partial charge >= 0.3 is 0 Å². The van der Waals surface area contributed by atoms with Crippen LogP contribution in [0.3, 0.4) is 0 Å². The molecule has 1 heterocycles. The molecule has 0 aromatic heterocycles. The third kappa shape index (κ3) is 7.55. The predicted octanol–water partition coefficient (Wildman–Crippen LogP) is 3.71. The van der Waals surface area contributed by atoms with Crippen LogP contribution in [0.2, 0.25) is 0 Å². The summed E-state index contributed by atoms with van der Waals surface area (Å²) < 4.78 is 18.0. The lowest BCUT2D eigenvalue weighted by Gasteiger charge is -2.40. The highest BCUT2D eigenvalue weighted by atomic mass is 127. The van der Waals surface area contributed by atoms with Gasteiger partial charge in [0.15, 0.2) is 11.5 Å². The van der Waals surface area contributed by atoms with Gasteiger partial charge in [-0.25, -0.2) is 0 Å². The van der Waals surface area contributed by atoms with Gasteiger partial charge in [-0.1, -0.05) is 24.3 Å². The number of nitrogens with zero attached hydrogens (tertiary/aromatic N) is 1. The van der Waals surface area contributed by atoms with Gasteiger partial charge in [0, 0.05) is 31.5 Å². The number of carbonyl (C=O) groups excluding carboxylic acids is 2. The lowest BCUT2D eigenvalue weighted by Crippen LogP contribution is -2.54. The number of carbonyl (C=O) groups is 2. The van der Waals surface area contributed by atoms with Gasteiger partial charge in [0.1, 0.15) is 18.0 Å². The Kier molecular flexibility index (Phi) is 10.8. The summed E-state index contributed by atoms with van der Waals surface area (Å²) in [5.74, 6) is 1.31. The highest BCUT2D eigenvalue weighted by Gasteiger charge is 2.40. The largest absolute Gasteiger partial charge is 0.482 e. The zero-order valence-electron chi connectivity index (χ0n) is 22.3. The number of amides is 2. The molecule has 3 N–H and O–H groups in total. The summed E-state index contributed by atoms with van der Waals surface area (Å²) in [7, 11) is 0. The Morgan fingerprint density at radius 3 is 2.75 bits per heavy atom. The molecule has 2 amide bonds. The number of halogens is 1. The van der Waals surface area contributed by atoms with Crippen molar-refractivity contribution >= 4 is 34.4 Å². The maximum absolute atomic E-state index is 13.7. The fourth-order valence-corrected chi connectivity index (χ4v) is 5.32. The van der Waals surface area contributed by atoms with Crippen LogP contribution in [0.1, 0.15) is 37.7 Å². The Bertz CT molecular complexity index is 1230. The van der Waals surface area contributed by atoms with Crippen molar-refractivity contribution in [3.63, 3.8) is 0 Å². The van der Waals surface area contributed by atoms with E-state index < -0.39 is 18.2 Å². The summed E-state index contributed by atoms with van der Waals surface area (Å²) in [4.78, 5) is 28.4. The molecule has 0 saturated heterocycles. The van der Waals surface area contributed by atoms with Gasteiger partial charge in [0.25, 0.3) is 0 Å². The molecular weight excluding hydrogens is 627 g/mol. The van der Waals surface area contributed by atoms with E-state index in [1.165, 1.54) is 0 Å². The molecule has 2 aromatic carbocycles. The molecule has 2 aliphatic rings. The van der Waals surface area contributed by atoms with Crippen molar-refractivity contribution in [3.8, 4) is 17.2 Å². The number of ether oxygens (including phenoxy) is 3. The number of hydrogen-bond donors (Lipinski definition) is 3. The lowest BCUT2D eigenvalue weighted by atomic mass is 9.87. The Hall–Kier alpha value is -3.09. The second-order valence-corrected chi connectivity index (χ2v) is 10.9. The van der Waals surface area contributed by atoms with Crippen LogP contribution in [0.4, 0.5) is 0 Å². The number of unbranched alkanes of at least 4 members (excludes halogenated alkanes) is 2. The van der Waals surface area contributed by atoms with E-state index in [4.69, 9.17) is 14.2 Å². The maximum atomic E-state index is 13.7. The first-order valence-electron chi connectivity index (χ1n) is 13.4. The van der Waals surface area contributed by atoms with E-state index in [9.17, 15) is 19.8 Å². The highest BCUT2D eigenvalue weighted by Crippen LogP contribution is 2.35. The molecule has 1 aliphatic carbocycles.